The minimum absolute atomic E-state index is 0.220. The second-order valence-corrected chi connectivity index (χ2v) is 5.59. The highest BCUT2D eigenvalue weighted by Gasteiger charge is 2.13. The molecule has 0 atom stereocenters. The molecule has 0 fully saturated rings. The largest absolute Gasteiger partial charge is 0.485 e. The average molecular weight is 335 g/mol. The third-order valence-corrected chi connectivity index (χ3v) is 3.57. The topological polar surface area (TPSA) is 48.2 Å². The fraction of sp³-hybridized carbons (Fsp3) is 0.125. The monoisotopic (exact) mass is 334 g/mol. The predicted molar refractivity (Wildman–Crippen MR) is 85.3 cm³/mol. The molecule has 6 heteroatoms. The maximum atomic E-state index is 6.12. The molecule has 0 N–H and O–H groups in total. The van der Waals surface area contributed by atoms with Crippen molar-refractivity contribution in [2.45, 2.75) is 13.5 Å². The summed E-state index contributed by atoms with van der Waals surface area (Å²) < 4.78 is 10.8. The fourth-order valence-electron chi connectivity index (χ4n) is 1.87. The number of aromatic nitrogens is 2. The Hall–Kier alpha value is -2.04. The molecule has 112 valence electrons. The van der Waals surface area contributed by atoms with E-state index in [-0.39, 0.29) is 6.61 Å². The number of benzene rings is 2. The van der Waals surface area contributed by atoms with E-state index in [0.717, 1.165) is 5.75 Å². The molecule has 0 saturated heterocycles. The Kier molecular flexibility index (Phi) is 4.32. The zero-order valence-corrected chi connectivity index (χ0v) is 13.2. The minimum Gasteiger partial charge on any atom is -0.485 e. The Morgan fingerprint density at radius 2 is 1.86 bits per heavy atom. The lowest BCUT2D eigenvalue weighted by Gasteiger charge is -2.02. The van der Waals surface area contributed by atoms with E-state index in [9.17, 15) is 0 Å². The van der Waals surface area contributed by atoms with E-state index < -0.39 is 0 Å². The van der Waals surface area contributed by atoms with Gasteiger partial charge in [-0.1, -0.05) is 46.1 Å². The lowest BCUT2D eigenvalue weighted by atomic mass is 10.2. The third-order valence-electron chi connectivity index (χ3n) is 3.02. The van der Waals surface area contributed by atoms with Crippen LogP contribution in [0.1, 0.15) is 11.4 Å². The number of aryl methyl sites for hydroxylation is 1. The predicted octanol–water partition coefficient (Wildman–Crippen LogP) is 4.93. The van der Waals surface area contributed by atoms with Gasteiger partial charge in [-0.2, -0.15) is 4.98 Å². The van der Waals surface area contributed by atoms with Crippen LogP contribution in [-0.4, -0.2) is 10.1 Å². The molecule has 1 aromatic heterocycles. The molecule has 3 aromatic rings. The number of halogens is 2. The molecule has 0 amide bonds. The quantitative estimate of drug-likeness (QED) is 0.678. The molecule has 3 rings (SSSR count). The average Bonchev–Trinajstić information content (AvgIpc) is 2.95. The highest BCUT2D eigenvalue weighted by Crippen LogP contribution is 2.29. The molecule has 0 bridgehead atoms. The first-order chi connectivity index (χ1) is 10.6. The van der Waals surface area contributed by atoms with Crippen LogP contribution >= 0.6 is 23.2 Å². The Bertz CT molecular complexity index is 785. The zero-order chi connectivity index (χ0) is 15.5. The second-order valence-electron chi connectivity index (χ2n) is 4.74. The van der Waals surface area contributed by atoms with E-state index in [0.29, 0.717) is 27.3 Å². The third kappa shape index (κ3) is 3.40. The number of hydrogen-bond acceptors (Lipinski definition) is 4. The molecule has 2 aromatic carbocycles. The summed E-state index contributed by atoms with van der Waals surface area (Å²) in [4.78, 5) is 4.27. The Morgan fingerprint density at radius 1 is 1.09 bits per heavy atom. The first-order valence-electron chi connectivity index (χ1n) is 6.59. The van der Waals surface area contributed by atoms with Gasteiger partial charge in [0.25, 0.3) is 5.89 Å². The Balaban J connectivity index is 1.72. The second kappa shape index (κ2) is 6.38. The lowest BCUT2D eigenvalue weighted by molar-refractivity contribution is 0.287. The molecule has 1 heterocycles. The number of ether oxygens (including phenoxy) is 1. The van der Waals surface area contributed by atoms with Crippen LogP contribution in [0.2, 0.25) is 10.0 Å². The highest BCUT2D eigenvalue weighted by molar-refractivity contribution is 6.36. The van der Waals surface area contributed by atoms with Crippen LogP contribution in [0, 0.1) is 6.92 Å². The van der Waals surface area contributed by atoms with Gasteiger partial charge in [0.1, 0.15) is 5.75 Å². The van der Waals surface area contributed by atoms with Crippen molar-refractivity contribution in [2.24, 2.45) is 0 Å². The van der Waals surface area contributed by atoms with Gasteiger partial charge in [-0.05, 0) is 37.3 Å². The van der Waals surface area contributed by atoms with E-state index in [4.69, 9.17) is 32.5 Å². The van der Waals surface area contributed by atoms with Crippen LogP contribution in [-0.2, 0) is 6.61 Å². The van der Waals surface area contributed by atoms with Gasteiger partial charge in [-0.25, -0.2) is 0 Å². The van der Waals surface area contributed by atoms with Crippen LogP contribution in [0.3, 0.4) is 0 Å². The van der Waals surface area contributed by atoms with Gasteiger partial charge in [0, 0.05) is 5.02 Å². The normalized spacial score (nSPS) is 10.7. The van der Waals surface area contributed by atoms with E-state index >= 15 is 0 Å². The lowest BCUT2D eigenvalue weighted by Crippen LogP contribution is -1.97. The summed E-state index contributed by atoms with van der Waals surface area (Å²) in [5.41, 5.74) is 1.81. The van der Waals surface area contributed by atoms with Crippen molar-refractivity contribution in [3.63, 3.8) is 0 Å². The van der Waals surface area contributed by atoms with Gasteiger partial charge in [-0.15, -0.1) is 0 Å². The van der Waals surface area contributed by atoms with E-state index in [1.165, 1.54) is 5.56 Å². The first-order valence-corrected chi connectivity index (χ1v) is 7.35. The van der Waals surface area contributed by atoms with Gasteiger partial charge >= 0.3 is 0 Å². The molecule has 0 spiro atoms. The molecule has 0 radical (unpaired) electrons. The van der Waals surface area contributed by atoms with Gasteiger partial charge in [0.2, 0.25) is 5.82 Å². The summed E-state index contributed by atoms with van der Waals surface area (Å²) >= 11 is 12.0. The summed E-state index contributed by atoms with van der Waals surface area (Å²) in [6, 6.07) is 12.8. The summed E-state index contributed by atoms with van der Waals surface area (Å²) in [5, 5.41) is 4.90. The SMILES string of the molecule is Cc1ccc(OCc2noc(-c3ccc(Cl)cc3Cl)n2)cc1. The number of nitrogens with zero attached hydrogens (tertiary/aromatic N) is 2. The van der Waals surface area contributed by atoms with Crippen molar-refractivity contribution in [3.05, 3.63) is 63.9 Å². The van der Waals surface area contributed by atoms with E-state index in [2.05, 4.69) is 10.1 Å². The molecule has 0 aliphatic rings. The van der Waals surface area contributed by atoms with Gasteiger partial charge < -0.3 is 9.26 Å². The molecule has 0 aliphatic carbocycles. The van der Waals surface area contributed by atoms with Crippen molar-refractivity contribution in [1.29, 1.82) is 0 Å². The standard InChI is InChI=1S/C16H12Cl2N2O2/c1-10-2-5-12(6-3-10)21-9-15-19-16(22-20-15)13-7-4-11(17)8-14(13)18/h2-8H,9H2,1H3. The Labute approximate surface area is 137 Å². The van der Waals surface area contributed by atoms with Gasteiger partial charge in [-0.3, -0.25) is 0 Å². The molecule has 0 aliphatic heterocycles. The summed E-state index contributed by atoms with van der Waals surface area (Å²) in [6.07, 6.45) is 0. The van der Waals surface area contributed by atoms with E-state index in [1.807, 2.05) is 31.2 Å². The first kappa shape index (κ1) is 14.9. The highest BCUT2D eigenvalue weighted by atomic mass is 35.5. The molecule has 0 unspecified atom stereocenters. The molecular weight excluding hydrogens is 323 g/mol. The van der Waals surface area contributed by atoms with Crippen LogP contribution < -0.4 is 4.74 Å². The maximum absolute atomic E-state index is 6.12. The van der Waals surface area contributed by atoms with Gasteiger partial charge in [0.15, 0.2) is 6.61 Å². The van der Waals surface area contributed by atoms with Crippen LogP contribution in [0.25, 0.3) is 11.5 Å². The minimum atomic E-state index is 0.220. The number of rotatable bonds is 4. The molecule has 4 nitrogen and oxygen atoms in total. The van der Waals surface area contributed by atoms with Crippen molar-refractivity contribution in [3.8, 4) is 17.2 Å². The molecular formula is C16H12Cl2N2O2. The van der Waals surface area contributed by atoms with Crippen molar-refractivity contribution < 1.29 is 9.26 Å². The van der Waals surface area contributed by atoms with Crippen LogP contribution in [0.4, 0.5) is 0 Å². The van der Waals surface area contributed by atoms with Crippen LogP contribution in [0.5, 0.6) is 5.75 Å². The van der Waals surface area contributed by atoms with Gasteiger partial charge in [0.05, 0.1) is 10.6 Å². The van der Waals surface area contributed by atoms with Crippen LogP contribution in [0.15, 0.2) is 47.0 Å². The van der Waals surface area contributed by atoms with Crippen molar-refractivity contribution in [1.82, 2.24) is 10.1 Å². The van der Waals surface area contributed by atoms with Crippen molar-refractivity contribution >= 4 is 23.2 Å². The zero-order valence-electron chi connectivity index (χ0n) is 11.7. The van der Waals surface area contributed by atoms with Crippen molar-refractivity contribution in [2.75, 3.05) is 0 Å². The summed E-state index contributed by atoms with van der Waals surface area (Å²) in [5.74, 6) is 1.53. The molecule has 0 saturated carbocycles. The smallest absolute Gasteiger partial charge is 0.259 e. The molecule has 22 heavy (non-hydrogen) atoms. The fourth-order valence-corrected chi connectivity index (χ4v) is 2.36. The number of hydrogen-bond donors (Lipinski definition) is 0. The Morgan fingerprint density at radius 3 is 2.59 bits per heavy atom. The summed E-state index contributed by atoms with van der Waals surface area (Å²) in [6.45, 7) is 2.24. The van der Waals surface area contributed by atoms with E-state index in [1.54, 1.807) is 18.2 Å². The maximum Gasteiger partial charge on any atom is 0.259 e. The summed E-state index contributed by atoms with van der Waals surface area (Å²) in [7, 11) is 0.